The summed E-state index contributed by atoms with van der Waals surface area (Å²) in [6, 6.07) is 8.00. The van der Waals surface area contributed by atoms with Crippen LogP contribution in [0.15, 0.2) is 24.3 Å². The number of para-hydroxylation sites is 2. The largest absolute Gasteiger partial charge is 0.358 e. The fourth-order valence-electron chi connectivity index (χ4n) is 2.07. The molecule has 0 amide bonds. The Bertz CT molecular complexity index is 520. The van der Waals surface area contributed by atoms with Crippen molar-refractivity contribution in [1.29, 1.82) is 0 Å². The molecule has 0 fully saturated rings. The van der Waals surface area contributed by atoms with Gasteiger partial charge in [-0.05, 0) is 25.0 Å². The summed E-state index contributed by atoms with van der Waals surface area (Å²) >= 11 is 0. The minimum absolute atomic E-state index is 0.618. The zero-order valence-electron chi connectivity index (χ0n) is 10.9. The van der Waals surface area contributed by atoms with Gasteiger partial charge >= 0.3 is 0 Å². The van der Waals surface area contributed by atoms with Crippen molar-refractivity contribution in [2.24, 2.45) is 5.92 Å². The first-order chi connectivity index (χ1) is 8.08. The lowest BCUT2D eigenvalue weighted by Gasteiger charge is -2.21. The molecule has 2 rings (SSSR count). The molecule has 0 bridgehead atoms. The van der Waals surface area contributed by atoms with Crippen LogP contribution in [0, 0.1) is 12.8 Å². The molecule has 2 aromatic rings. The molecule has 0 unspecified atom stereocenters. The van der Waals surface area contributed by atoms with E-state index in [1.54, 1.807) is 0 Å². The van der Waals surface area contributed by atoms with Crippen molar-refractivity contribution in [2.75, 3.05) is 18.5 Å². The number of nitrogens with zero attached hydrogens (tertiary/aromatic N) is 3. The number of anilines is 1. The fourth-order valence-corrected chi connectivity index (χ4v) is 2.07. The topological polar surface area (TPSA) is 29.0 Å². The molecule has 1 aromatic heterocycles. The molecule has 0 saturated heterocycles. The van der Waals surface area contributed by atoms with Gasteiger partial charge in [-0.3, -0.25) is 0 Å². The fraction of sp³-hybridized carbons (Fsp3) is 0.429. The van der Waals surface area contributed by atoms with Crippen LogP contribution in [0.1, 0.15) is 19.5 Å². The molecule has 1 heterocycles. The van der Waals surface area contributed by atoms with E-state index in [-0.39, 0.29) is 0 Å². The van der Waals surface area contributed by atoms with E-state index in [2.05, 4.69) is 30.8 Å². The molecular weight excluding hydrogens is 210 g/mol. The standard InChI is InChI=1S/C14H19N3/c1-10(2)9-17(4)14-11(3)15-12-7-5-6-8-13(12)16-14/h5-8,10H,9H2,1-4H3. The Hall–Kier alpha value is -1.64. The Balaban J connectivity index is 2.43. The van der Waals surface area contributed by atoms with Gasteiger partial charge in [0.1, 0.15) is 0 Å². The molecule has 0 aliphatic rings. The zero-order valence-corrected chi connectivity index (χ0v) is 10.9. The van der Waals surface area contributed by atoms with Gasteiger partial charge < -0.3 is 4.90 Å². The summed E-state index contributed by atoms with van der Waals surface area (Å²) in [6.45, 7) is 7.43. The van der Waals surface area contributed by atoms with Crippen molar-refractivity contribution < 1.29 is 0 Å². The molecule has 3 heteroatoms. The maximum absolute atomic E-state index is 4.69. The number of hydrogen-bond acceptors (Lipinski definition) is 3. The normalized spacial score (nSPS) is 11.1. The van der Waals surface area contributed by atoms with Crippen molar-refractivity contribution >= 4 is 16.9 Å². The SMILES string of the molecule is Cc1nc2ccccc2nc1N(C)CC(C)C. The first kappa shape index (κ1) is 11.8. The highest BCUT2D eigenvalue weighted by molar-refractivity contribution is 5.76. The highest BCUT2D eigenvalue weighted by atomic mass is 15.2. The van der Waals surface area contributed by atoms with Gasteiger partial charge in [0.2, 0.25) is 0 Å². The molecule has 0 atom stereocenters. The van der Waals surface area contributed by atoms with E-state index in [9.17, 15) is 0 Å². The van der Waals surface area contributed by atoms with Crippen molar-refractivity contribution in [3.8, 4) is 0 Å². The molecule has 0 N–H and O–H groups in total. The van der Waals surface area contributed by atoms with Gasteiger partial charge in [0.15, 0.2) is 5.82 Å². The van der Waals surface area contributed by atoms with Crippen LogP contribution in [-0.2, 0) is 0 Å². The van der Waals surface area contributed by atoms with Crippen molar-refractivity contribution in [3.05, 3.63) is 30.0 Å². The van der Waals surface area contributed by atoms with Crippen LogP contribution in [0.3, 0.4) is 0 Å². The summed E-state index contributed by atoms with van der Waals surface area (Å²) < 4.78 is 0. The van der Waals surface area contributed by atoms with Gasteiger partial charge in [0, 0.05) is 13.6 Å². The van der Waals surface area contributed by atoms with Gasteiger partial charge in [-0.15, -0.1) is 0 Å². The molecule has 17 heavy (non-hydrogen) atoms. The first-order valence-corrected chi connectivity index (χ1v) is 6.02. The smallest absolute Gasteiger partial charge is 0.150 e. The van der Waals surface area contributed by atoms with Crippen molar-refractivity contribution in [2.45, 2.75) is 20.8 Å². The Morgan fingerprint density at radius 1 is 1.12 bits per heavy atom. The number of benzene rings is 1. The molecule has 0 saturated carbocycles. The molecule has 3 nitrogen and oxygen atoms in total. The third-order valence-corrected chi connectivity index (χ3v) is 2.72. The van der Waals surface area contributed by atoms with Crippen LogP contribution in [0.4, 0.5) is 5.82 Å². The van der Waals surface area contributed by atoms with Crippen LogP contribution < -0.4 is 4.90 Å². The average Bonchev–Trinajstić information content (AvgIpc) is 2.27. The van der Waals surface area contributed by atoms with Crippen LogP contribution in [0.2, 0.25) is 0 Å². The second kappa shape index (κ2) is 4.70. The van der Waals surface area contributed by atoms with Crippen molar-refractivity contribution in [1.82, 2.24) is 9.97 Å². The predicted molar refractivity (Wildman–Crippen MR) is 72.4 cm³/mol. The monoisotopic (exact) mass is 229 g/mol. The molecule has 0 aliphatic carbocycles. The summed E-state index contributed by atoms with van der Waals surface area (Å²) in [7, 11) is 2.08. The third-order valence-electron chi connectivity index (χ3n) is 2.72. The number of aryl methyl sites for hydroxylation is 1. The van der Waals surface area contributed by atoms with Gasteiger partial charge in [-0.2, -0.15) is 0 Å². The number of fused-ring (bicyclic) bond motifs is 1. The Labute approximate surface area is 103 Å². The van der Waals surface area contributed by atoms with Crippen LogP contribution in [-0.4, -0.2) is 23.6 Å². The number of hydrogen-bond donors (Lipinski definition) is 0. The molecule has 90 valence electrons. The van der Waals surface area contributed by atoms with Crippen molar-refractivity contribution in [3.63, 3.8) is 0 Å². The van der Waals surface area contributed by atoms with Gasteiger partial charge in [0.25, 0.3) is 0 Å². The van der Waals surface area contributed by atoms with Gasteiger partial charge in [-0.1, -0.05) is 26.0 Å². The second-order valence-electron chi connectivity index (χ2n) is 4.90. The summed E-state index contributed by atoms with van der Waals surface area (Å²) in [5.41, 5.74) is 2.92. The van der Waals surface area contributed by atoms with E-state index < -0.39 is 0 Å². The van der Waals surface area contributed by atoms with E-state index in [0.29, 0.717) is 5.92 Å². The van der Waals surface area contributed by atoms with Gasteiger partial charge in [0.05, 0.1) is 16.7 Å². The first-order valence-electron chi connectivity index (χ1n) is 6.02. The maximum Gasteiger partial charge on any atom is 0.150 e. The molecule has 0 radical (unpaired) electrons. The number of rotatable bonds is 3. The minimum Gasteiger partial charge on any atom is -0.358 e. The maximum atomic E-state index is 4.69. The Kier molecular flexibility index (Phi) is 3.27. The second-order valence-corrected chi connectivity index (χ2v) is 4.90. The summed E-state index contributed by atoms with van der Waals surface area (Å²) in [4.78, 5) is 11.5. The highest BCUT2D eigenvalue weighted by Gasteiger charge is 2.10. The van der Waals surface area contributed by atoms with Crippen LogP contribution >= 0.6 is 0 Å². The average molecular weight is 229 g/mol. The zero-order chi connectivity index (χ0) is 12.4. The summed E-state index contributed by atoms with van der Waals surface area (Å²) in [6.07, 6.45) is 0. The van der Waals surface area contributed by atoms with E-state index in [1.165, 1.54) is 0 Å². The number of aromatic nitrogens is 2. The van der Waals surface area contributed by atoms with Gasteiger partial charge in [-0.25, -0.2) is 9.97 Å². The quantitative estimate of drug-likeness (QED) is 0.810. The predicted octanol–water partition coefficient (Wildman–Crippen LogP) is 3.03. The lowest BCUT2D eigenvalue weighted by molar-refractivity contribution is 0.633. The van der Waals surface area contributed by atoms with Crippen LogP contribution in [0.5, 0.6) is 0 Å². The highest BCUT2D eigenvalue weighted by Crippen LogP contribution is 2.19. The Morgan fingerprint density at radius 2 is 1.71 bits per heavy atom. The molecular formula is C14H19N3. The molecule has 1 aromatic carbocycles. The van der Waals surface area contributed by atoms with E-state index >= 15 is 0 Å². The van der Waals surface area contributed by atoms with Crippen LogP contribution in [0.25, 0.3) is 11.0 Å². The molecule has 0 spiro atoms. The Morgan fingerprint density at radius 3 is 2.29 bits per heavy atom. The summed E-state index contributed by atoms with van der Waals surface area (Å²) in [5.74, 6) is 1.60. The summed E-state index contributed by atoms with van der Waals surface area (Å²) in [5, 5.41) is 0. The minimum atomic E-state index is 0.618. The van der Waals surface area contributed by atoms with E-state index in [4.69, 9.17) is 4.98 Å². The third kappa shape index (κ3) is 2.54. The lowest BCUT2D eigenvalue weighted by atomic mass is 10.2. The van der Waals surface area contributed by atoms with E-state index in [0.717, 1.165) is 29.1 Å². The van der Waals surface area contributed by atoms with E-state index in [1.807, 2.05) is 31.2 Å². The molecule has 0 aliphatic heterocycles. The lowest BCUT2D eigenvalue weighted by Crippen LogP contribution is -2.24.